The number of benzene rings is 1. The van der Waals surface area contributed by atoms with E-state index in [0.29, 0.717) is 0 Å². The van der Waals surface area contributed by atoms with Crippen LogP contribution in [0.4, 0.5) is 4.39 Å². The van der Waals surface area contributed by atoms with Gasteiger partial charge in [0.15, 0.2) is 0 Å². The van der Waals surface area contributed by atoms with Crippen molar-refractivity contribution < 1.29 is 4.39 Å². The summed E-state index contributed by atoms with van der Waals surface area (Å²) in [5.41, 5.74) is 9.41. The molecule has 0 aliphatic heterocycles. The molecule has 17 heavy (non-hydrogen) atoms. The lowest BCUT2D eigenvalue weighted by molar-refractivity contribution is 0.463. The third-order valence-electron chi connectivity index (χ3n) is 3.94. The summed E-state index contributed by atoms with van der Waals surface area (Å²) < 4.78 is 13.2. The van der Waals surface area contributed by atoms with Crippen molar-refractivity contribution in [3.05, 3.63) is 35.3 Å². The minimum absolute atomic E-state index is 0.206. The van der Waals surface area contributed by atoms with Crippen LogP contribution in [-0.4, -0.2) is 4.98 Å². The van der Waals surface area contributed by atoms with Crippen molar-refractivity contribution in [2.45, 2.75) is 38.1 Å². The molecule has 0 amide bonds. The molecular formula is C14H17FN2. The van der Waals surface area contributed by atoms with Crippen LogP contribution >= 0.6 is 0 Å². The quantitative estimate of drug-likeness (QED) is 0.778. The fraction of sp³-hybridized carbons (Fsp3) is 0.429. The summed E-state index contributed by atoms with van der Waals surface area (Å²) in [6, 6.07) is 4.90. The molecular weight excluding hydrogens is 215 g/mol. The maximum atomic E-state index is 13.2. The Balaban J connectivity index is 2.25. The van der Waals surface area contributed by atoms with Crippen LogP contribution in [0.1, 0.15) is 36.9 Å². The molecule has 3 N–H and O–H groups in total. The SMILES string of the molecule is Cc1[nH]c2cc(F)ccc2c1C1(N)CCCC1. The van der Waals surface area contributed by atoms with E-state index >= 15 is 0 Å². The Kier molecular flexibility index (Phi) is 2.26. The largest absolute Gasteiger partial charge is 0.358 e. The predicted octanol–water partition coefficient (Wildman–Crippen LogP) is 3.34. The molecule has 0 spiro atoms. The van der Waals surface area contributed by atoms with Gasteiger partial charge in [0.2, 0.25) is 0 Å². The van der Waals surface area contributed by atoms with Gasteiger partial charge in [0.1, 0.15) is 5.82 Å². The van der Waals surface area contributed by atoms with E-state index in [1.807, 2.05) is 13.0 Å². The van der Waals surface area contributed by atoms with Crippen LogP contribution in [0.2, 0.25) is 0 Å². The number of nitrogens with one attached hydrogen (secondary N) is 1. The van der Waals surface area contributed by atoms with Gasteiger partial charge in [-0.15, -0.1) is 0 Å². The smallest absolute Gasteiger partial charge is 0.125 e. The topological polar surface area (TPSA) is 41.8 Å². The Morgan fingerprint density at radius 2 is 2.00 bits per heavy atom. The van der Waals surface area contributed by atoms with Gasteiger partial charge in [0.25, 0.3) is 0 Å². The highest BCUT2D eigenvalue weighted by Crippen LogP contribution is 2.41. The second-order valence-corrected chi connectivity index (χ2v) is 5.18. The summed E-state index contributed by atoms with van der Waals surface area (Å²) in [6.45, 7) is 2.03. The lowest BCUT2D eigenvalue weighted by atomic mass is 9.87. The van der Waals surface area contributed by atoms with Crippen LogP contribution in [0.25, 0.3) is 10.9 Å². The van der Waals surface area contributed by atoms with E-state index in [-0.39, 0.29) is 11.4 Å². The van der Waals surface area contributed by atoms with Gasteiger partial charge in [-0.3, -0.25) is 0 Å². The van der Waals surface area contributed by atoms with Crippen molar-refractivity contribution in [1.82, 2.24) is 4.98 Å². The van der Waals surface area contributed by atoms with Crippen molar-refractivity contribution in [3.63, 3.8) is 0 Å². The maximum absolute atomic E-state index is 13.2. The standard InChI is InChI=1S/C14H17FN2/c1-9-13(14(16)6-2-3-7-14)11-5-4-10(15)8-12(11)17-9/h4-5,8,17H,2-3,6-7,16H2,1H3. The van der Waals surface area contributed by atoms with Crippen LogP contribution < -0.4 is 5.73 Å². The molecule has 3 heteroatoms. The molecule has 2 aromatic rings. The molecule has 0 saturated heterocycles. The number of hydrogen-bond acceptors (Lipinski definition) is 1. The number of aryl methyl sites for hydroxylation is 1. The van der Waals surface area contributed by atoms with Crippen LogP contribution in [0, 0.1) is 12.7 Å². The Morgan fingerprint density at radius 3 is 2.71 bits per heavy atom. The number of fused-ring (bicyclic) bond motifs is 1. The molecule has 0 radical (unpaired) electrons. The van der Waals surface area contributed by atoms with Gasteiger partial charge in [-0.05, 0) is 38.0 Å². The summed E-state index contributed by atoms with van der Waals surface area (Å²) in [6.07, 6.45) is 4.42. The average molecular weight is 232 g/mol. The molecule has 1 heterocycles. The number of aromatic amines is 1. The molecule has 3 rings (SSSR count). The summed E-state index contributed by atoms with van der Waals surface area (Å²) in [7, 11) is 0. The maximum Gasteiger partial charge on any atom is 0.125 e. The number of halogens is 1. The minimum Gasteiger partial charge on any atom is -0.358 e. The first-order chi connectivity index (χ1) is 8.10. The van der Waals surface area contributed by atoms with Crippen molar-refractivity contribution in [1.29, 1.82) is 0 Å². The van der Waals surface area contributed by atoms with E-state index in [9.17, 15) is 4.39 Å². The van der Waals surface area contributed by atoms with Crippen molar-refractivity contribution in [3.8, 4) is 0 Å². The fourth-order valence-corrected chi connectivity index (χ4v) is 3.20. The van der Waals surface area contributed by atoms with E-state index in [1.165, 1.54) is 24.5 Å². The van der Waals surface area contributed by atoms with Gasteiger partial charge in [-0.1, -0.05) is 12.8 Å². The minimum atomic E-state index is -0.222. The zero-order chi connectivity index (χ0) is 12.0. The number of H-pyrrole nitrogens is 1. The molecule has 1 saturated carbocycles. The average Bonchev–Trinajstić information content (AvgIpc) is 2.81. The van der Waals surface area contributed by atoms with E-state index in [2.05, 4.69) is 4.98 Å². The van der Waals surface area contributed by atoms with Crippen molar-refractivity contribution in [2.24, 2.45) is 5.73 Å². The first kappa shape index (κ1) is 10.8. The van der Waals surface area contributed by atoms with Gasteiger partial charge in [0.05, 0.1) is 0 Å². The van der Waals surface area contributed by atoms with Crippen LogP contribution in [0.15, 0.2) is 18.2 Å². The fourth-order valence-electron chi connectivity index (χ4n) is 3.20. The zero-order valence-corrected chi connectivity index (χ0v) is 10.0. The predicted molar refractivity (Wildman–Crippen MR) is 67.3 cm³/mol. The first-order valence-corrected chi connectivity index (χ1v) is 6.17. The molecule has 0 atom stereocenters. The Bertz CT molecular complexity index is 565. The Hall–Kier alpha value is -1.35. The molecule has 90 valence electrons. The van der Waals surface area contributed by atoms with Gasteiger partial charge in [0, 0.05) is 27.7 Å². The second-order valence-electron chi connectivity index (χ2n) is 5.18. The molecule has 1 aliphatic rings. The molecule has 0 bridgehead atoms. The molecule has 1 aromatic carbocycles. The van der Waals surface area contributed by atoms with E-state index in [0.717, 1.165) is 29.4 Å². The highest BCUT2D eigenvalue weighted by Gasteiger charge is 2.34. The van der Waals surface area contributed by atoms with Gasteiger partial charge in [-0.25, -0.2) is 4.39 Å². The monoisotopic (exact) mass is 232 g/mol. The second kappa shape index (κ2) is 3.57. The van der Waals surface area contributed by atoms with Gasteiger partial charge < -0.3 is 10.7 Å². The number of hydrogen-bond donors (Lipinski definition) is 2. The van der Waals surface area contributed by atoms with E-state index in [1.54, 1.807) is 6.07 Å². The molecule has 1 fully saturated rings. The molecule has 1 aromatic heterocycles. The summed E-state index contributed by atoms with van der Waals surface area (Å²) in [4.78, 5) is 3.25. The molecule has 1 aliphatic carbocycles. The van der Waals surface area contributed by atoms with Gasteiger partial charge >= 0.3 is 0 Å². The number of aromatic nitrogens is 1. The first-order valence-electron chi connectivity index (χ1n) is 6.17. The van der Waals surface area contributed by atoms with Crippen LogP contribution in [-0.2, 0) is 5.54 Å². The Morgan fingerprint density at radius 1 is 1.29 bits per heavy atom. The molecule has 0 unspecified atom stereocenters. The number of nitrogens with two attached hydrogens (primary N) is 1. The third-order valence-corrected chi connectivity index (χ3v) is 3.94. The van der Waals surface area contributed by atoms with Crippen molar-refractivity contribution in [2.75, 3.05) is 0 Å². The lowest BCUT2D eigenvalue weighted by Crippen LogP contribution is -2.33. The number of rotatable bonds is 1. The van der Waals surface area contributed by atoms with E-state index < -0.39 is 0 Å². The zero-order valence-electron chi connectivity index (χ0n) is 10.0. The lowest BCUT2D eigenvalue weighted by Gasteiger charge is -2.24. The normalized spacial score (nSPS) is 19.0. The summed E-state index contributed by atoms with van der Waals surface area (Å²) in [5.74, 6) is -0.206. The van der Waals surface area contributed by atoms with E-state index in [4.69, 9.17) is 5.73 Å². The molecule has 2 nitrogen and oxygen atoms in total. The van der Waals surface area contributed by atoms with Crippen LogP contribution in [0.5, 0.6) is 0 Å². The third kappa shape index (κ3) is 1.57. The highest BCUT2D eigenvalue weighted by molar-refractivity contribution is 5.85. The summed E-state index contributed by atoms with van der Waals surface area (Å²) >= 11 is 0. The van der Waals surface area contributed by atoms with Crippen LogP contribution in [0.3, 0.4) is 0 Å². The highest BCUT2D eigenvalue weighted by atomic mass is 19.1. The Labute approximate surface area is 100 Å². The summed E-state index contributed by atoms with van der Waals surface area (Å²) in [5, 5.41) is 1.08. The van der Waals surface area contributed by atoms with Crippen molar-refractivity contribution >= 4 is 10.9 Å². The van der Waals surface area contributed by atoms with Gasteiger partial charge in [-0.2, -0.15) is 0 Å².